The third-order valence-electron chi connectivity index (χ3n) is 5.37. The topological polar surface area (TPSA) is 80.7 Å². The van der Waals surface area contributed by atoms with Crippen LogP contribution in [0.15, 0.2) is 36.9 Å². The van der Waals surface area contributed by atoms with E-state index in [1.54, 1.807) is 18.5 Å². The normalized spacial score (nSPS) is 18.4. The summed E-state index contributed by atoms with van der Waals surface area (Å²) < 4.78 is 11.5. The molecule has 2 saturated heterocycles. The summed E-state index contributed by atoms with van der Waals surface area (Å²) in [5, 5.41) is 0. The zero-order valence-corrected chi connectivity index (χ0v) is 16.1. The van der Waals surface area contributed by atoms with E-state index in [1.165, 1.54) is 11.9 Å². The fraction of sp³-hybridized carbons (Fsp3) is 0.500. The molecular formula is C20H25N5O3. The largest absolute Gasteiger partial charge is 0.359 e. The van der Waals surface area contributed by atoms with Crippen molar-refractivity contribution in [1.29, 1.82) is 0 Å². The van der Waals surface area contributed by atoms with Gasteiger partial charge in [-0.15, -0.1) is 0 Å². The van der Waals surface area contributed by atoms with Gasteiger partial charge in [-0.3, -0.25) is 9.78 Å². The lowest BCUT2D eigenvalue weighted by Crippen LogP contribution is -2.47. The van der Waals surface area contributed by atoms with Crippen molar-refractivity contribution < 1.29 is 14.3 Å². The quantitative estimate of drug-likeness (QED) is 0.774. The van der Waals surface area contributed by atoms with Gasteiger partial charge in [-0.05, 0) is 24.1 Å². The monoisotopic (exact) mass is 383 g/mol. The van der Waals surface area contributed by atoms with Gasteiger partial charge in [0, 0.05) is 58.0 Å². The zero-order valence-electron chi connectivity index (χ0n) is 16.1. The number of hydrogen-bond donors (Lipinski definition) is 0. The van der Waals surface area contributed by atoms with E-state index in [2.05, 4.69) is 15.0 Å². The summed E-state index contributed by atoms with van der Waals surface area (Å²) in [6.45, 7) is 3.27. The van der Waals surface area contributed by atoms with Crippen LogP contribution in [0, 0.1) is 0 Å². The Bertz CT molecular complexity index is 800. The second-order valence-corrected chi connectivity index (χ2v) is 7.19. The summed E-state index contributed by atoms with van der Waals surface area (Å²) in [7, 11) is 1.97. The molecule has 4 heterocycles. The molecule has 0 unspecified atom stereocenters. The average molecular weight is 383 g/mol. The highest BCUT2D eigenvalue weighted by atomic mass is 16.7. The Morgan fingerprint density at radius 1 is 1.18 bits per heavy atom. The lowest BCUT2D eigenvalue weighted by molar-refractivity contribution is -0.181. The van der Waals surface area contributed by atoms with Crippen molar-refractivity contribution in [2.24, 2.45) is 0 Å². The van der Waals surface area contributed by atoms with Crippen molar-refractivity contribution in [3.8, 4) is 0 Å². The second-order valence-electron chi connectivity index (χ2n) is 7.19. The number of piperidine rings is 1. The summed E-state index contributed by atoms with van der Waals surface area (Å²) in [6, 6.07) is 5.77. The summed E-state index contributed by atoms with van der Waals surface area (Å²) in [6.07, 6.45) is 7.31. The number of hydrogen-bond acceptors (Lipinski definition) is 7. The molecular weight excluding hydrogens is 358 g/mol. The lowest BCUT2D eigenvalue weighted by atomic mass is 10.0. The number of rotatable bonds is 5. The van der Waals surface area contributed by atoms with Crippen molar-refractivity contribution in [3.63, 3.8) is 0 Å². The Morgan fingerprint density at radius 2 is 1.89 bits per heavy atom. The summed E-state index contributed by atoms with van der Waals surface area (Å²) in [4.78, 5) is 29.3. The predicted octanol–water partition coefficient (Wildman–Crippen LogP) is 1.53. The van der Waals surface area contributed by atoms with Gasteiger partial charge in [0.2, 0.25) is 0 Å². The molecule has 2 aromatic rings. The number of pyridine rings is 1. The number of likely N-dealkylation sites (tertiary alicyclic amines) is 1. The van der Waals surface area contributed by atoms with Crippen LogP contribution in [0.25, 0.3) is 0 Å². The molecule has 0 bridgehead atoms. The molecule has 2 aromatic heterocycles. The van der Waals surface area contributed by atoms with Crippen LogP contribution in [0.2, 0.25) is 0 Å². The number of amides is 1. The van der Waals surface area contributed by atoms with E-state index < -0.39 is 5.79 Å². The molecule has 1 spiro atoms. The standard InChI is InChI=1S/C20H25N5O3/c1-24(9-4-16-2-7-21-8-3-16)18-14-17(22-15-23-18)19(26)25-10-5-20(6-11-25)27-12-13-28-20/h2-3,7-8,14-15H,4-6,9-13H2,1H3. The van der Waals surface area contributed by atoms with Gasteiger partial charge in [-0.1, -0.05) is 0 Å². The third kappa shape index (κ3) is 4.13. The Kier molecular flexibility index (Phi) is 5.50. The van der Waals surface area contributed by atoms with Crippen molar-refractivity contribution in [3.05, 3.63) is 48.2 Å². The van der Waals surface area contributed by atoms with E-state index in [4.69, 9.17) is 9.47 Å². The Labute approximate surface area is 164 Å². The van der Waals surface area contributed by atoms with E-state index in [0.29, 0.717) is 44.8 Å². The van der Waals surface area contributed by atoms with Gasteiger partial charge < -0.3 is 19.3 Å². The van der Waals surface area contributed by atoms with Crippen molar-refractivity contribution in [1.82, 2.24) is 19.9 Å². The molecule has 0 radical (unpaired) electrons. The maximum Gasteiger partial charge on any atom is 0.272 e. The summed E-state index contributed by atoms with van der Waals surface area (Å²) >= 11 is 0. The van der Waals surface area contributed by atoms with Crippen molar-refractivity contribution in [2.75, 3.05) is 44.8 Å². The van der Waals surface area contributed by atoms with Gasteiger partial charge in [-0.2, -0.15) is 0 Å². The van der Waals surface area contributed by atoms with Gasteiger partial charge in [0.25, 0.3) is 5.91 Å². The summed E-state index contributed by atoms with van der Waals surface area (Å²) in [5.41, 5.74) is 1.63. The van der Waals surface area contributed by atoms with Gasteiger partial charge in [0.05, 0.1) is 13.2 Å². The molecule has 0 aromatic carbocycles. The van der Waals surface area contributed by atoms with Gasteiger partial charge >= 0.3 is 0 Å². The van der Waals surface area contributed by atoms with Crippen LogP contribution in [0.4, 0.5) is 5.82 Å². The van der Waals surface area contributed by atoms with Crippen molar-refractivity contribution in [2.45, 2.75) is 25.0 Å². The van der Waals surface area contributed by atoms with E-state index in [1.807, 2.05) is 29.0 Å². The third-order valence-corrected chi connectivity index (χ3v) is 5.37. The zero-order chi connectivity index (χ0) is 19.4. The fourth-order valence-electron chi connectivity index (χ4n) is 3.63. The highest BCUT2D eigenvalue weighted by Gasteiger charge is 2.41. The number of aromatic nitrogens is 3. The van der Waals surface area contributed by atoms with Gasteiger partial charge in [0.15, 0.2) is 5.79 Å². The maximum atomic E-state index is 12.9. The van der Waals surface area contributed by atoms with Crippen LogP contribution in [0.5, 0.6) is 0 Å². The van der Waals surface area contributed by atoms with E-state index in [-0.39, 0.29) is 5.91 Å². The Morgan fingerprint density at radius 3 is 2.61 bits per heavy atom. The predicted molar refractivity (Wildman–Crippen MR) is 103 cm³/mol. The number of carbonyl (C=O) groups excluding carboxylic acids is 1. The molecule has 0 aliphatic carbocycles. The first-order chi connectivity index (χ1) is 13.7. The van der Waals surface area contributed by atoms with Crippen LogP contribution in [-0.2, 0) is 15.9 Å². The first-order valence-corrected chi connectivity index (χ1v) is 9.64. The molecule has 0 atom stereocenters. The smallest absolute Gasteiger partial charge is 0.272 e. The highest BCUT2D eigenvalue weighted by Crippen LogP contribution is 2.31. The molecule has 148 valence electrons. The lowest BCUT2D eigenvalue weighted by Gasteiger charge is -2.37. The molecule has 0 saturated carbocycles. The number of nitrogens with zero attached hydrogens (tertiary/aromatic N) is 5. The molecule has 2 aliphatic rings. The second kappa shape index (κ2) is 8.20. The Balaban J connectivity index is 1.37. The minimum atomic E-state index is -0.485. The van der Waals surface area contributed by atoms with Gasteiger partial charge in [0.1, 0.15) is 17.8 Å². The van der Waals surface area contributed by atoms with Crippen LogP contribution < -0.4 is 4.90 Å². The highest BCUT2D eigenvalue weighted by molar-refractivity contribution is 5.93. The molecule has 0 N–H and O–H groups in total. The van der Waals surface area contributed by atoms with Crippen LogP contribution in [-0.4, -0.2) is 71.4 Å². The average Bonchev–Trinajstić information content (AvgIpc) is 3.21. The Hall–Kier alpha value is -2.58. The molecule has 8 heteroatoms. The number of carbonyl (C=O) groups is 1. The van der Waals surface area contributed by atoms with Crippen LogP contribution >= 0.6 is 0 Å². The van der Waals surface area contributed by atoms with E-state index in [9.17, 15) is 4.79 Å². The van der Waals surface area contributed by atoms with E-state index in [0.717, 1.165) is 18.8 Å². The minimum absolute atomic E-state index is 0.0703. The molecule has 4 rings (SSSR count). The summed E-state index contributed by atoms with van der Waals surface area (Å²) in [5.74, 6) is 0.184. The SMILES string of the molecule is CN(CCc1ccncc1)c1cc(C(=O)N2CCC3(CC2)OCCO3)ncn1. The maximum absolute atomic E-state index is 12.9. The van der Waals surface area contributed by atoms with Crippen molar-refractivity contribution >= 4 is 11.7 Å². The molecule has 8 nitrogen and oxygen atoms in total. The molecule has 1 amide bonds. The molecule has 28 heavy (non-hydrogen) atoms. The van der Waals surface area contributed by atoms with Crippen LogP contribution in [0.1, 0.15) is 28.9 Å². The minimum Gasteiger partial charge on any atom is -0.359 e. The molecule has 2 aliphatic heterocycles. The fourth-order valence-corrected chi connectivity index (χ4v) is 3.63. The first kappa shape index (κ1) is 18.8. The number of likely N-dealkylation sites (N-methyl/N-ethyl adjacent to an activating group) is 1. The first-order valence-electron chi connectivity index (χ1n) is 9.64. The number of anilines is 1. The van der Waals surface area contributed by atoms with E-state index >= 15 is 0 Å². The number of ether oxygens (including phenoxy) is 2. The molecule has 2 fully saturated rings. The van der Waals surface area contributed by atoms with Gasteiger partial charge in [-0.25, -0.2) is 9.97 Å². The van der Waals surface area contributed by atoms with Crippen LogP contribution in [0.3, 0.4) is 0 Å².